The molecule has 0 bridgehead atoms. The Morgan fingerprint density at radius 3 is 2.85 bits per heavy atom. The van der Waals surface area contributed by atoms with Crippen LogP contribution in [0.15, 0.2) is 63.8 Å². The van der Waals surface area contributed by atoms with E-state index >= 15 is 0 Å². The second kappa shape index (κ2) is 7.99. The van der Waals surface area contributed by atoms with E-state index in [1.165, 1.54) is 18.2 Å². The molecule has 0 aliphatic rings. The molecule has 6 heteroatoms. The molecule has 0 saturated carbocycles. The third kappa shape index (κ3) is 4.71. The summed E-state index contributed by atoms with van der Waals surface area (Å²) in [5.74, 6) is 5.18. The number of hydrogen-bond donors (Lipinski definition) is 1. The number of rotatable bonds is 4. The minimum atomic E-state index is -0.454. The normalized spacial score (nSPS) is 10.0. The summed E-state index contributed by atoms with van der Waals surface area (Å²) in [6.07, 6.45) is 0. The van der Waals surface area contributed by atoms with Crippen LogP contribution in [0, 0.1) is 17.7 Å². The third-order valence-corrected chi connectivity index (χ3v) is 3.40. The van der Waals surface area contributed by atoms with Crippen LogP contribution < -0.4 is 15.7 Å². The first-order valence-electron chi connectivity index (χ1n) is 7.78. The van der Waals surface area contributed by atoms with Crippen molar-refractivity contribution in [2.24, 2.45) is 0 Å². The Balaban J connectivity index is 1.50. The summed E-state index contributed by atoms with van der Waals surface area (Å²) in [5, 5.41) is 3.34. The summed E-state index contributed by atoms with van der Waals surface area (Å²) >= 11 is 0. The number of benzene rings is 2. The highest BCUT2D eigenvalue weighted by Crippen LogP contribution is 2.19. The van der Waals surface area contributed by atoms with E-state index in [4.69, 9.17) is 9.15 Å². The second-order valence-electron chi connectivity index (χ2n) is 5.33. The second-order valence-corrected chi connectivity index (χ2v) is 5.33. The number of carbonyl (C=O) groups is 1. The average molecular weight is 351 g/mol. The SMILES string of the molecule is O=C(COc1ccc2ccc(=O)oc2c1)NCC#Cc1cccc(F)c1. The number of amides is 1. The molecule has 0 saturated heterocycles. The van der Waals surface area contributed by atoms with Crippen molar-refractivity contribution in [2.45, 2.75) is 0 Å². The molecule has 0 fully saturated rings. The summed E-state index contributed by atoms with van der Waals surface area (Å²) < 4.78 is 23.4. The summed E-state index contributed by atoms with van der Waals surface area (Å²) in [6.45, 7) is -0.0878. The Hall–Kier alpha value is -3.59. The van der Waals surface area contributed by atoms with E-state index in [1.54, 1.807) is 36.4 Å². The molecule has 0 radical (unpaired) electrons. The first-order chi connectivity index (χ1) is 12.6. The van der Waals surface area contributed by atoms with Crippen molar-refractivity contribution in [2.75, 3.05) is 13.2 Å². The Bertz CT molecular complexity index is 1060. The Morgan fingerprint density at radius 2 is 2.00 bits per heavy atom. The van der Waals surface area contributed by atoms with Crippen LogP contribution in [0.4, 0.5) is 4.39 Å². The molecule has 26 heavy (non-hydrogen) atoms. The summed E-state index contributed by atoms with van der Waals surface area (Å²) in [7, 11) is 0. The van der Waals surface area contributed by atoms with Crippen molar-refractivity contribution >= 4 is 16.9 Å². The van der Waals surface area contributed by atoms with Gasteiger partial charge in [0.15, 0.2) is 6.61 Å². The van der Waals surface area contributed by atoms with Gasteiger partial charge in [0, 0.05) is 23.1 Å². The van der Waals surface area contributed by atoms with Gasteiger partial charge in [-0.15, -0.1) is 0 Å². The van der Waals surface area contributed by atoms with Crippen LogP contribution in [0.25, 0.3) is 11.0 Å². The summed E-state index contributed by atoms with van der Waals surface area (Å²) in [5.41, 5.74) is 0.466. The Morgan fingerprint density at radius 1 is 1.15 bits per heavy atom. The molecule has 0 atom stereocenters. The van der Waals surface area contributed by atoms with Crippen LogP contribution in [0.3, 0.4) is 0 Å². The maximum absolute atomic E-state index is 13.0. The molecule has 1 N–H and O–H groups in total. The lowest BCUT2D eigenvalue weighted by Gasteiger charge is -2.06. The van der Waals surface area contributed by atoms with Crippen molar-refractivity contribution in [3.63, 3.8) is 0 Å². The van der Waals surface area contributed by atoms with Crippen LogP contribution in [0.1, 0.15) is 5.56 Å². The van der Waals surface area contributed by atoms with Crippen molar-refractivity contribution < 1.29 is 18.3 Å². The Labute approximate surface area is 148 Å². The molecule has 130 valence electrons. The fourth-order valence-electron chi connectivity index (χ4n) is 2.19. The lowest BCUT2D eigenvalue weighted by atomic mass is 10.2. The molecule has 5 nitrogen and oxygen atoms in total. The zero-order valence-electron chi connectivity index (χ0n) is 13.6. The molecular weight excluding hydrogens is 337 g/mol. The van der Waals surface area contributed by atoms with Crippen molar-refractivity contribution in [3.8, 4) is 17.6 Å². The minimum Gasteiger partial charge on any atom is -0.484 e. The molecule has 1 aromatic heterocycles. The predicted molar refractivity (Wildman–Crippen MR) is 94.3 cm³/mol. The molecule has 0 aliphatic carbocycles. The zero-order valence-corrected chi connectivity index (χ0v) is 13.6. The number of carbonyl (C=O) groups excluding carboxylic acids is 1. The van der Waals surface area contributed by atoms with Gasteiger partial charge in [0.1, 0.15) is 17.1 Å². The van der Waals surface area contributed by atoms with E-state index in [9.17, 15) is 14.0 Å². The van der Waals surface area contributed by atoms with Gasteiger partial charge in [-0.25, -0.2) is 9.18 Å². The summed E-state index contributed by atoms with van der Waals surface area (Å²) in [4.78, 5) is 23.0. The largest absolute Gasteiger partial charge is 0.484 e. The molecule has 0 aliphatic heterocycles. The van der Waals surface area contributed by atoms with Gasteiger partial charge >= 0.3 is 5.63 Å². The lowest BCUT2D eigenvalue weighted by Crippen LogP contribution is -2.29. The third-order valence-electron chi connectivity index (χ3n) is 3.40. The monoisotopic (exact) mass is 351 g/mol. The van der Waals surface area contributed by atoms with Gasteiger partial charge in [-0.2, -0.15) is 0 Å². The maximum Gasteiger partial charge on any atom is 0.336 e. The number of nitrogens with one attached hydrogen (secondary N) is 1. The molecule has 2 aromatic carbocycles. The van der Waals surface area contributed by atoms with E-state index in [1.807, 2.05) is 0 Å². The van der Waals surface area contributed by atoms with Gasteiger partial charge in [0.25, 0.3) is 5.91 Å². The van der Waals surface area contributed by atoms with E-state index in [0.29, 0.717) is 16.9 Å². The minimum absolute atomic E-state index is 0.116. The highest BCUT2D eigenvalue weighted by molar-refractivity contribution is 5.79. The first-order valence-corrected chi connectivity index (χ1v) is 7.78. The Kier molecular flexibility index (Phi) is 5.30. The average Bonchev–Trinajstić information content (AvgIpc) is 2.63. The van der Waals surface area contributed by atoms with Crippen LogP contribution in [-0.4, -0.2) is 19.1 Å². The van der Waals surface area contributed by atoms with Gasteiger partial charge in [0.2, 0.25) is 0 Å². The molecule has 1 heterocycles. The smallest absolute Gasteiger partial charge is 0.336 e. The van der Waals surface area contributed by atoms with Crippen LogP contribution in [0.5, 0.6) is 5.75 Å². The highest BCUT2D eigenvalue weighted by atomic mass is 19.1. The van der Waals surface area contributed by atoms with Gasteiger partial charge in [-0.05, 0) is 36.4 Å². The van der Waals surface area contributed by atoms with Gasteiger partial charge in [-0.3, -0.25) is 4.79 Å². The molecule has 3 rings (SSSR count). The number of halogens is 1. The van der Waals surface area contributed by atoms with Crippen molar-refractivity contribution in [1.29, 1.82) is 0 Å². The number of ether oxygens (including phenoxy) is 1. The quantitative estimate of drug-likeness (QED) is 0.579. The predicted octanol–water partition coefficient (Wildman–Crippen LogP) is 2.48. The fourth-order valence-corrected chi connectivity index (χ4v) is 2.19. The van der Waals surface area contributed by atoms with Crippen LogP contribution >= 0.6 is 0 Å². The first kappa shape index (κ1) is 17.2. The van der Waals surface area contributed by atoms with Gasteiger partial charge in [-0.1, -0.05) is 17.9 Å². The topological polar surface area (TPSA) is 68.5 Å². The van der Waals surface area contributed by atoms with Crippen LogP contribution in [0.2, 0.25) is 0 Å². The fraction of sp³-hybridized carbons (Fsp3) is 0.100. The zero-order chi connectivity index (χ0) is 18.4. The lowest BCUT2D eigenvalue weighted by molar-refractivity contribution is -0.122. The summed E-state index contributed by atoms with van der Waals surface area (Å²) in [6, 6.07) is 13.8. The molecular formula is C20H14FNO4. The van der Waals surface area contributed by atoms with Crippen molar-refractivity contribution in [3.05, 3.63) is 76.4 Å². The number of fused-ring (bicyclic) bond motifs is 1. The van der Waals surface area contributed by atoms with Gasteiger partial charge in [0.05, 0.1) is 6.54 Å². The van der Waals surface area contributed by atoms with E-state index in [0.717, 1.165) is 5.39 Å². The maximum atomic E-state index is 13.0. The molecule has 1 amide bonds. The highest BCUT2D eigenvalue weighted by Gasteiger charge is 2.04. The number of hydrogen-bond acceptors (Lipinski definition) is 4. The van der Waals surface area contributed by atoms with Gasteiger partial charge < -0.3 is 14.5 Å². The van der Waals surface area contributed by atoms with Crippen molar-refractivity contribution in [1.82, 2.24) is 5.32 Å². The molecule has 3 aromatic rings. The van der Waals surface area contributed by atoms with E-state index in [-0.39, 0.29) is 24.9 Å². The van der Waals surface area contributed by atoms with E-state index in [2.05, 4.69) is 17.2 Å². The molecule has 0 unspecified atom stereocenters. The molecule has 0 spiro atoms. The van der Waals surface area contributed by atoms with Crippen LogP contribution in [-0.2, 0) is 4.79 Å². The van der Waals surface area contributed by atoms with E-state index < -0.39 is 5.63 Å². The standard InChI is InChI=1S/C20H14FNO4/c21-16-5-1-3-14(11-16)4-2-10-22-19(23)13-25-17-8-6-15-7-9-20(24)26-18(15)12-17/h1,3,5-9,11-12H,10,13H2,(H,22,23).